The van der Waals surface area contributed by atoms with E-state index in [2.05, 4.69) is 15.5 Å². The fraction of sp³-hybridized carbons (Fsp3) is 0.167. The third-order valence-electron chi connectivity index (χ3n) is 4.96. The Bertz CT molecular complexity index is 1280. The number of pyridine rings is 1. The van der Waals surface area contributed by atoms with Crippen LogP contribution < -0.4 is 10.9 Å². The Morgan fingerprint density at radius 1 is 1.03 bits per heavy atom. The average Bonchev–Trinajstić information content (AvgIpc) is 3.23. The van der Waals surface area contributed by atoms with E-state index in [1.54, 1.807) is 18.3 Å². The van der Waals surface area contributed by atoms with E-state index >= 15 is 0 Å². The summed E-state index contributed by atoms with van der Waals surface area (Å²) in [5.74, 6) is 0.224. The maximum Gasteiger partial charge on any atom is 0.263 e. The van der Waals surface area contributed by atoms with Crippen molar-refractivity contribution in [2.24, 2.45) is 0 Å². The van der Waals surface area contributed by atoms with Gasteiger partial charge in [-0.1, -0.05) is 53.2 Å². The van der Waals surface area contributed by atoms with Crippen LogP contribution in [-0.2, 0) is 11.3 Å². The van der Waals surface area contributed by atoms with Crippen LogP contribution in [-0.4, -0.2) is 20.6 Å². The molecule has 0 bridgehead atoms. The molecule has 0 aliphatic heterocycles. The van der Waals surface area contributed by atoms with Crippen molar-refractivity contribution in [2.75, 3.05) is 5.32 Å². The molecule has 0 atom stereocenters. The molecule has 2 aromatic heterocycles. The van der Waals surface area contributed by atoms with E-state index in [0.717, 1.165) is 27.9 Å². The van der Waals surface area contributed by atoms with Gasteiger partial charge < -0.3 is 14.4 Å². The number of amides is 1. The van der Waals surface area contributed by atoms with Crippen molar-refractivity contribution in [3.63, 3.8) is 0 Å². The zero-order valence-electron chi connectivity index (χ0n) is 17.5. The summed E-state index contributed by atoms with van der Waals surface area (Å²) < 4.78 is 6.64. The summed E-state index contributed by atoms with van der Waals surface area (Å²) in [7, 11) is 0. The molecule has 1 amide bonds. The zero-order chi connectivity index (χ0) is 22.0. The molecule has 7 heteroatoms. The van der Waals surface area contributed by atoms with Crippen LogP contribution >= 0.6 is 0 Å². The second-order valence-electron chi connectivity index (χ2n) is 7.47. The van der Waals surface area contributed by atoms with E-state index < -0.39 is 0 Å². The molecule has 4 aromatic rings. The smallest absolute Gasteiger partial charge is 0.263 e. The molecule has 1 N–H and O–H groups in total. The number of benzene rings is 2. The first kappa shape index (κ1) is 20.3. The lowest BCUT2D eigenvalue weighted by Crippen LogP contribution is -2.28. The minimum atomic E-state index is -0.377. The largest absolute Gasteiger partial charge is 0.333 e. The quantitative estimate of drug-likeness (QED) is 0.530. The van der Waals surface area contributed by atoms with Gasteiger partial charge in [-0.3, -0.25) is 9.59 Å². The number of aromatic nitrogens is 3. The van der Waals surface area contributed by atoms with Crippen LogP contribution in [0.15, 0.2) is 70.1 Å². The summed E-state index contributed by atoms with van der Waals surface area (Å²) in [6.07, 6.45) is 1.56. The summed E-state index contributed by atoms with van der Waals surface area (Å²) in [4.78, 5) is 29.9. The molecule has 31 heavy (non-hydrogen) atoms. The van der Waals surface area contributed by atoms with Gasteiger partial charge in [0, 0.05) is 17.4 Å². The van der Waals surface area contributed by atoms with Gasteiger partial charge in [0.1, 0.15) is 12.1 Å². The molecule has 0 aliphatic rings. The van der Waals surface area contributed by atoms with Crippen molar-refractivity contribution in [1.82, 2.24) is 14.7 Å². The van der Waals surface area contributed by atoms with Crippen molar-refractivity contribution < 1.29 is 9.32 Å². The third kappa shape index (κ3) is 4.30. The Kier molecular flexibility index (Phi) is 5.49. The highest BCUT2D eigenvalue weighted by molar-refractivity contribution is 5.92. The molecule has 0 radical (unpaired) electrons. The number of carbonyl (C=O) groups excluding carboxylic acids is 1. The minimum Gasteiger partial charge on any atom is -0.333 e. The molecular weight excluding hydrogens is 392 g/mol. The van der Waals surface area contributed by atoms with Crippen molar-refractivity contribution in [3.05, 3.63) is 87.8 Å². The van der Waals surface area contributed by atoms with E-state index in [9.17, 15) is 9.59 Å². The number of carbonyl (C=O) groups is 1. The zero-order valence-corrected chi connectivity index (χ0v) is 17.5. The fourth-order valence-corrected chi connectivity index (χ4v) is 3.57. The van der Waals surface area contributed by atoms with Gasteiger partial charge in [0.2, 0.25) is 11.7 Å². The fourth-order valence-electron chi connectivity index (χ4n) is 3.57. The number of aryl methyl sites for hydroxylation is 3. The molecule has 4 rings (SSSR count). The summed E-state index contributed by atoms with van der Waals surface area (Å²) in [5.41, 5.74) is 4.51. The highest BCUT2D eigenvalue weighted by Crippen LogP contribution is 2.22. The molecular formula is C24H22N4O3. The maximum atomic E-state index is 12.9. The highest BCUT2D eigenvalue weighted by atomic mass is 16.5. The topological polar surface area (TPSA) is 90.0 Å². The Labute approximate surface area is 179 Å². The van der Waals surface area contributed by atoms with Gasteiger partial charge in [-0.15, -0.1) is 0 Å². The molecule has 0 aliphatic carbocycles. The van der Waals surface area contributed by atoms with Crippen LogP contribution in [0.2, 0.25) is 0 Å². The molecule has 0 fully saturated rings. The van der Waals surface area contributed by atoms with Gasteiger partial charge in [-0.2, -0.15) is 4.98 Å². The van der Waals surface area contributed by atoms with Crippen molar-refractivity contribution in [3.8, 4) is 22.8 Å². The molecule has 0 unspecified atom stereocenters. The van der Waals surface area contributed by atoms with E-state index in [1.165, 1.54) is 4.57 Å². The second kappa shape index (κ2) is 8.39. The van der Waals surface area contributed by atoms with Crippen molar-refractivity contribution >= 4 is 11.6 Å². The van der Waals surface area contributed by atoms with E-state index in [-0.39, 0.29) is 29.5 Å². The monoisotopic (exact) mass is 414 g/mol. The van der Waals surface area contributed by atoms with Crippen LogP contribution in [0.5, 0.6) is 0 Å². The summed E-state index contributed by atoms with van der Waals surface area (Å²) >= 11 is 0. The lowest BCUT2D eigenvalue weighted by atomic mass is 10.1. The van der Waals surface area contributed by atoms with Gasteiger partial charge in [0.05, 0.1) is 0 Å². The number of hydrogen-bond donors (Lipinski definition) is 1. The van der Waals surface area contributed by atoms with E-state index in [4.69, 9.17) is 4.52 Å². The number of nitrogens with zero attached hydrogens (tertiary/aromatic N) is 3. The molecule has 156 valence electrons. The Hall–Kier alpha value is -4.00. The van der Waals surface area contributed by atoms with Gasteiger partial charge in [-0.05, 0) is 44.0 Å². The molecule has 0 saturated heterocycles. The first-order valence-corrected chi connectivity index (χ1v) is 9.89. The standard InChI is InChI=1S/C24H22N4O3/c1-15-12-16(2)21(17(3)13-15)25-20(29)14-28-11-7-10-19(24(28)30)23-26-22(27-31-23)18-8-5-4-6-9-18/h4-13H,14H2,1-3H3,(H,25,29). The lowest BCUT2D eigenvalue weighted by molar-refractivity contribution is -0.116. The third-order valence-corrected chi connectivity index (χ3v) is 4.96. The number of anilines is 1. The molecule has 7 nitrogen and oxygen atoms in total. The second-order valence-corrected chi connectivity index (χ2v) is 7.47. The van der Waals surface area contributed by atoms with Gasteiger partial charge in [-0.25, -0.2) is 0 Å². The minimum absolute atomic E-state index is 0.115. The summed E-state index contributed by atoms with van der Waals surface area (Å²) in [5, 5.41) is 6.88. The van der Waals surface area contributed by atoms with Crippen LogP contribution in [0.1, 0.15) is 16.7 Å². The van der Waals surface area contributed by atoms with Crippen molar-refractivity contribution in [2.45, 2.75) is 27.3 Å². The Morgan fingerprint density at radius 2 is 1.74 bits per heavy atom. The Balaban J connectivity index is 1.57. The molecule has 0 saturated carbocycles. The van der Waals surface area contributed by atoms with E-state index in [1.807, 2.05) is 63.2 Å². The summed E-state index contributed by atoms with van der Waals surface area (Å²) in [6.45, 7) is 5.78. The first-order valence-electron chi connectivity index (χ1n) is 9.89. The Morgan fingerprint density at radius 3 is 2.45 bits per heavy atom. The lowest BCUT2D eigenvalue weighted by Gasteiger charge is -2.13. The van der Waals surface area contributed by atoms with Gasteiger partial charge >= 0.3 is 0 Å². The predicted molar refractivity (Wildman–Crippen MR) is 119 cm³/mol. The van der Waals surface area contributed by atoms with Crippen LogP contribution in [0.25, 0.3) is 22.8 Å². The number of hydrogen-bond acceptors (Lipinski definition) is 5. The normalized spacial score (nSPS) is 10.8. The first-order chi connectivity index (χ1) is 14.9. The van der Waals surface area contributed by atoms with Gasteiger partial charge in [0.25, 0.3) is 11.4 Å². The van der Waals surface area contributed by atoms with E-state index in [0.29, 0.717) is 5.82 Å². The predicted octanol–water partition coefficient (Wildman–Crippen LogP) is 4.13. The average molecular weight is 414 g/mol. The highest BCUT2D eigenvalue weighted by Gasteiger charge is 2.16. The maximum absolute atomic E-state index is 12.9. The van der Waals surface area contributed by atoms with Crippen LogP contribution in [0.4, 0.5) is 5.69 Å². The summed E-state index contributed by atoms with van der Waals surface area (Å²) in [6, 6.07) is 16.7. The van der Waals surface area contributed by atoms with Crippen molar-refractivity contribution in [1.29, 1.82) is 0 Å². The van der Waals surface area contributed by atoms with Crippen LogP contribution in [0, 0.1) is 20.8 Å². The molecule has 0 spiro atoms. The number of rotatable bonds is 5. The SMILES string of the molecule is Cc1cc(C)c(NC(=O)Cn2cccc(-c3nc(-c4ccccc4)no3)c2=O)c(C)c1. The molecule has 2 heterocycles. The van der Waals surface area contributed by atoms with Gasteiger partial charge in [0.15, 0.2) is 0 Å². The van der Waals surface area contributed by atoms with Crippen LogP contribution in [0.3, 0.4) is 0 Å². The molecule has 2 aromatic carbocycles. The number of nitrogens with one attached hydrogen (secondary N) is 1.